The van der Waals surface area contributed by atoms with Gasteiger partial charge in [0.1, 0.15) is 5.75 Å². The summed E-state index contributed by atoms with van der Waals surface area (Å²) >= 11 is 6.51. The molecule has 8 nitrogen and oxygen atoms in total. The zero-order valence-corrected chi connectivity index (χ0v) is 23.9. The van der Waals surface area contributed by atoms with E-state index in [9.17, 15) is 35.2 Å². The molecule has 0 bridgehead atoms. The SMILES string of the molecule is CCn1nc(C(=O)NC[C@H]2CCC(S(C)(=O)=O)CO2)c(Cl)c1-c1ccc(CC(C)(C)C(F)(F)F)cc1OC(F)F. The van der Waals surface area contributed by atoms with Gasteiger partial charge < -0.3 is 14.8 Å². The van der Waals surface area contributed by atoms with Crippen molar-refractivity contribution < 1.29 is 44.6 Å². The van der Waals surface area contributed by atoms with Crippen LogP contribution in [0, 0.1) is 5.41 Å². The van der Waals surface area contributed by atoms with Crippen LogP contribution in [0.3, 0.4) is 0 Å². The van der Waals surface area contributed by atoms with E-state index >= 15 is 0 Å². The van der Waals surface area contributed by atoms with Gasteiger partial charge in [-0.15, -0.1) is 0 Å². The molecule has 2 aromatic rings. The van der Waals surface area contributed by atoms with E-state index in [4.69, 9.17) is 16.3 Å². The third-order valence-electron chi connectivity index (χ3n) is 6.76. The molecular formula is C25H31ClF5N3O5S. The van der Waals surface area contributed by atoms with Crippen LogP contribution < -0.4 is 10.1 Å². The zero-order valence-electron chi connectivity index (χ0n) is 22.3. The van der Waals surface area contributed by atoms with Crippen LogP contribution in [-0.4, -0.2) is 67.7 Å². The second-order valence-electron chi connectivity index (χ2n) is 10.3. The predicted molar refractivity (Wildman–Crippen MR) is 138 cm³/mol. The lowest BCUT2D eigenvalue weighted by Gasteiger charge is -2.28. The Morgan fingerprint density at radius 3 is 2.48 bits per heavy atom. The summed E-state index contributed by atoms with van der Waals surface area (Å²) in [6, 6.07) is 3.76. The van der Waals surface area contributed by atoms with E-state index in [1.54, 1.807) is 6.92 Å². The van der Waals surface area contributed by atoms with Gasteiger partial charge in [-0.25, -0.2) is 8.42 Å². The molecule has 1 aromatic heterocycles. The van der Waals surface area contributed by atoms with E-state index in [1.165, 1.54) is 16.8 Å². The molecule has 224 valence electrons. The first-order valence-electron chi connectivity index (χ1n) is 12.4. The lowest BCUT2D eigenvalue weighted by molar-refractivity contribution is -0.211. The van der Waals surface area contributed by atoms with Crippen LogP contribution in [0.25, 0.3) is 11.3 Å². The number of hydrogen-bond acceptors (Lipinski definition) is 6. The average Bonchev–Trinajstić information content (AvgIpc) is 3.17. The minimum atomic E-state index is -4.53. The van der Waals surface area contributed by atoms with Crippen molar-refractivity contribution in [2.24, 2.45) is 5.41 Å². The molecule has 40 heavy (non-hydrogen) atoms. The molecule has 0 radical (unpaired) electrons. The summed E-state index contributed by atoms with van der Waals surface area (Å²) in [6.45, 7) is 0.660. The number of nitrogens with zero attached hydrogens (tertiary/aromatic N) is 2. The molecule has 1 aliphatic heterocycles. The smallest absolute Gasteiger partial charge is 0.394 e. The maximum Gasteiger partial charge on any atom is 0.394 e. The summed E-state index contributed by atoms with van der Waals surface area (Å²) in [5.41, 5.74) is -2.11. The molecular weight excluding hydrogens is 585 g/mol. The van der Waals surface area contributed by atoms with Crippen molar-refractivity contribution in [2.45, 2.75) is 70.7 Å². The molecule has 1 fully saturated rings. The Labute approximate surface area is 234 Å². The van der Waals surface area contributed by atoms with Gasteiger partial charge in [0.15, 0.2) is 15.5 Å². The topological polar surface area (TPSA) is 99.5 Å². The van der Waals surface area contributed by atoms with Crippen molar-refractivity contribution in [1.82, 2.24) is 15.1 Å². The van der Waals surface area contributed by atoms with Crippen molar-refractivity contribution in [3.63, 3.8) is 0 Å². The summed E-state index contributed by atoms with van der Waals surface area (Å²) < 4.78 is 102. The van der Waals surface area contributed by atoms with Crippen molar-refractivity contribution >= 4 is 27.3 Å². The van der Waals surface area contributed by atoms with Gasteiger partial charge in [0.05, 0.1) is 34.1 Å². The number of aromatic nitrogens is 2. The zero-order chi connectivity index (χ0) is 30.0. The highest BCUT2D eigenvalue weighted by atomic mass is 35.5. The van der Waals surface area contributed by atoms with Crippen molar-refractivity contribution in [3.05, 3.63) is 34.5 Å². The minimum Gasteiger partial charge on any atom is -0.434 e. The Kier molecular flexibility index (Phi) is 9.78. The largest absolute Gasteiger partial charge is 0.434 e. The second-order valence-corrected chi connectivity index (χ2v) is 13.0. The number of carbonyl (C=O) groups is 1. The number of amides is 1. The van der Waals surface area contributed by atoms with E-state index in [-0.39, 0.29) is 47.2 Å². The lowest BCUT2D eigenvalue weighted by atomic mass is 9.84. The molecule has 1 N–H and O–H groups in total. The van der Waals surface area contributed by atoms with E-state index in [0.29, 0.717) is 12.8 Å². The van der Waals surface area contributed by atoms with Crippen molar-refractivity contribution in [3.8, 4) is 17.0 Å². The van der Waals surface area contributed by atoms with Crippen LogP contribution in [0.5, 0.6) is 5.75 Å². The van der Waals surface area contributed by atoms with Gasteiger partial charge in [-0.05, 0) is 43.9 Å². The first-order chi connectivity index (χ1) is 18.4. The molecule has 2 atom stereocenters. The number of alkyl halides is 5. The molecule has 1 saturated heterocycles. The maximum absolute atomic E-state index is 13.4. The van der Waals surface area contributed by atoms with Crippen molar-refractivity contribution in [2.75, 3.05) is 19.4 Å². The van der Waals surface area contributed by atoms with Crippen LogP contribution in [-0.2, 0) is 27.5 Å². The number of carbonyl (C=O) groups excluding carboxylic acids is 1. The Hall–Kier alpha value is -2.45. The standard InChI is InChI=1S/C25H31ClF5N3O5S/c1-5-34-21(17-9-6-14(10-18(17)39-23(27)28)11-24(2,3)25(29,30)31)19(26)20(33-34)22(35)32-12-15-7-8-16(13-38-15)40(4,36)37/h6,9-10,15-16,23H,5,7-8,11-13H2,1-4H3,(H,32,35)/t15-,16?/m1/s1. The van der Waals surface area contributed by atoms with E-state index in [0.717, 1.165) is 26.2 Å². The van der Waals surface area contributed by atoms with Crippen LogP contribution in [0.4, 0.5) is 22.0 Å². The highest BCUT2D eigenvalue weighted by Gasteiger charge is 2.47. The fourth-order valence-corrected chi connectivity index (χ4v) is 5.53. The van der Waals surface area contributed by atoms with Gasteiger partial charge in [-0.2, -0.15) is 27.1 Å². The fourth-order valence-electron chi connectivity index (χ4n) is 4.32. The van der Waals surface area contributed by atoms with Crippen LogP contribution in [0.15, 0.2) is 18.2 Å². The monoisotopic (exact) mass is 615 g/mol. The normalized spacial score (nSPS) is 18.7. The van der Waals surface area contributed by atoms with Crippen LogP contribution in [0.1, 0.15) is 49.7 Å². The molecule has 0 saturated carbocycles. The van der Waals surface area contributed by atoms with Gasteiger partial charge in [-0.1, -0.05) is 31.5 Å². The molecule has 1 aromatic carbocycles. The summed E-state index contributed by atoms with van der Waals surface area (Å²) in [7, 11) is -3.24. The fraction of sp³-hybridized carbons (Fsp3) is 0.600. The number of hydrogen-bond donors (Lipinski definition) is 1. The van der Waals surface area contributed by atoms with Gasteiger partial charge >= 0.3 is 12.8 Å². The molecule has 1 amide bonds. The molecule has 1 aliphatic rings. The number of sulfone groups is 1. The average molecular weight is 616 g/mol. The molecule has 2 heterocycles. The van der Waals surface area contributed by atoms with Gasteiger partial charge in [0, 0.05) is 24.9 Å². The molecule has 0 aliphatic carbocycles. The first-order valence-corrected chi connectivity index (χ1v) is 14.8. The van der Waals surface area contributed by atoms with Gasteiger partial charge in [0.2, 0.25) is 0 Å². The molecule has 0 spiro atoms. The summed E-state index contributed by atoms with van der Waals surface area (Å²) in [6.07, 6.45) is -3.50. The quantitative estimate of drug-likeness (QED) is 0.365. The number of halogens is 6. The molecule has 3 rings (SSSR count). The third kappa shape index (κ3) is 7.43. The first kappa shape index (κ1) is 32.1. The summed E-state index contributed by atoms with van der Waals surface area (Å²) in [5, 5.41) is 6.08. The van der Waals surface area contributed by atoms with E-state index < -0.39 is 57.5 Å². The Bertz CT molecular complexity index is 1320. The second kappa shape index (κ2) is 12.2. The van der Waals surface area contributed by atoms with Gasteiger partial charge in [-0.3, -0.25) is 9.48 Å². The highest BCUT2D eigenvalue weighted by molar-refractivity contribution is 7.91. The maximum atomic E-state index is 13.4. The van der Waals surface area contributed by atoms with Crippen LogP contribution >= 0.6 is 11.6 Å². The van der Waals surface area contributed by atoms with E-state index in [2.05, 4.69) is 15.2 Å². The number of aryl methyl sites for hydroxylation is 1. The highest BCUT2D eigenvalue weighted by Crippen LogP contribution is 2.43. The van der Waals surface area contributed by atoms with Crippen molar-refractivity contribution in [1.29, 1.82) is 0 Å². The third-order valence-corrected chi connectivity index (χ3v) is 8.70. The number of benzene rings is 1. The van der Waals surface area contributed by atoms with Crippen LogP contribution in [0.2, 0.25) is 5.02 Å². The van der Waals surface area contributed by atoms with Gasteiger partial charge in [0.25, 0.3) is 5.91 Å². The Morgan fingerprint density at radius 2 is 1.95 bits per heavy atom. The summed E-state index contributed by atoms with van der Waals surface area (Å²) in [4.78, 5) is 12.9. The lowest BCUT2D eigenvalue weighted by Crippen LogP contribution is -2.41. The Balaban J connectivity index is 1.86. The number of rotatable bonds is 10. The van der Waals surface area contributed by atoms with E-state index in [1.807, 2.05) is 0 Å². The number of ether oxygens (including phenoxy) is 2. The predicted octanol–water partition coefficient (Wildman–Crippen LogP) is 5.28. The molecule has 15 heteroatoms. The number of nitrogens with one attached hydrogen (secondary N) is 1. The summed E-state index contributed by atoms with van der Waals surface area (Å²) in [5.74, 6) is -1.09. The Morgan fingerprint density at radius 1 is 1.27 bits per heavy atom. The minimum absolute atomic E-state index is 0.0117. The molecule has 1 unspecified atom stereocenters.